The third kappa shape index (κ3) is 3.96. The monoisotopic (exact) mass is 350 g/mol. The quantitative estimate of drug-likeness (QED) is 0.660. The summed E-state index contributed by atoms with van der Waals surface area (Å²) < 4.78 is 7.38. The highest BCUT2D eigenvalue weighted by Gasteiger charge is 2.23. The Morgan fingerprint density at radius 1 is 1.08 bits per heavy atom. The van der Waals surface area contributed by atoms with Gasteiger partial charge in [-0.1, -0.05) is 51.1 Å². The number of aromatic nitrogens is 2. The first-order valence-electron chi connectivity index (χ1n) is 8.99. The van der Waals surface area contributed by atoms with Crippen molar-refractivity contribution in [1.29, 1.82) is 0 Å². The summed E-state index contributed by atoms with van der Waals surface area (Å²) >= 11 is 0. The number of ether oxygens (including phenoxy) is 1. The first-order valence-corrected chi connectivity index (χ1v) is 8.99. The Morgan fingerprint density at radius 3 is 2.46 bits per heavy atom. The van der Waals surface area contributed by atoms with E-state index in [0.29, 0.717) is 6.54 Å². The number of carbonyl (C=O) groups excluding carboxylic acids is 1. The van der Waals surface area contributed by atoms with Gasteiger partial charge in [0.05, 0.1) is 24.7 Å². The number of rotatable bonds is 6. The molecule has 0 N–H and O–H groups in total. The summed E-state index contributed by atoms with van der Waals surface area (Å²) in [6, 6.07) is 16.2. The van der Waals surface area contributed by atoms with Crippen LogP contribution in [0.15, 0.2) is 48.5 Å². The molecular formula is C22H26N2O2. The number of ketones is 1. The van der Waals surface area contributed by atoms with Gasteiger partial charge in [0, 0.05) is 17.9 Å². The van der Waals surface area contributed by atoms with Gasteiger partial charge in [0.1, 0.15) is 11.6 Å². The first kappa shape index (κ1) is 18.2. The number of hydrogen-bond donors (Lipinski definition) is 0. The highest BCUT2D eigenvalue weighted by Crippen LogP contribution is 2.24. The molecule has 26 heavy (non-hydrogen) atoms. The number of carbonyl (C=O) groups is 1. The predicted octanol–water partition coefficient (Wildman–Crippen LogP) is 4.45. The van der Waals surface area contributed by atoms with Gasteiger partial charge in [-0.15, -0.1) is 0 Å². The zero-order valence-corrected chi connectivity index (χ0v) is 16.0. The lowest BCUT2D eigenvalue weighted by atomic mass is 9.91. The molecule has 4 nitrogen and oxygen atoms in total. The summed E-state index contributed by atoms with van der Waals surface area (Å²) in [6.07, 6.45) is 1.68. The van der Waals surface area contributed by atoms with Crippen molar-refractivity contribution in [2.45, 2.75) is 40.2 Å². The highest BCUT2D eigenvalue weighted by molar-refractivity contribution is 5.86. The number of aryl methyl sites for hydroxylation is 2. The van der Waals surface area contributed by atoms with Gasteiger partial charge < -0.3 is 9.30 Å². The third-order valence-electron chi connectivity index (χ3n) is 4.65. The van der Waals surface area contributed by atoms with Crippen LogP contribution in [0.2, 0.25) is 0 Å². The molecule has 3 rings (SSSR count). The van der Waals surface area contributed by atoms with Crippen LogP contribution in [0.1, 0.15) is 32.2 Å². The minimum atomic E-state index is -0.375. The second-order valence-corrected chi connectivity index (χ2v) is 7.63. The van der Waals surface area contributed by atoms with E-state index in [9.17, 15) is 4.79 Å². The van der Waals surface area contributed by atoms with Crippen molar-refractivity contribution in [3.8, 4) is 5.75 Å². The van der Waals surface area contributed by atoms with Gasteiger partial charge in [0.25, 0.3) is 0 Å². The topological polar surface area (TPSA) is 44.1 Å². The summed E-state index contributed by atoms with van der Waals surface area (Å²) in [5.74, 6) is 1.92. The van der Waals surface area contributed by atoms with E-state index >= 15 is 0 Å². The first-order chi connectivity index (χ1) is 12.4. The zero-order valence-electron chi connectivity index (χ0n) is 16.0. The minimum Gasteiger partial charge on any atom is -0.497 e. The standard InChI is InChI=1S/C22H26N2O2/c1-22(2,3)20(25)15-24-19-12-11-17(26-4)14-18(19)23-21(24)13-10-16-8-6-5-7-9-16/h5-9,11-12,14H,10,13,15H2,1-4H3. The van der Waals surface area contributed by atoms with Crippen LogP contribution in [0.4, 0.5) is 0 Å². The fourth-order valence-corrected chi connectivity index (χ4v) is 2.94. The molecule has 0 unspecified atom stereocenters. The summed E-state index contributed by atoms with van der Waals surface area (Å²) in [4.78, 5) is 17.5. The van der Waals surface area contributed by atoms with Crippen LogP contribution in [-0.2, 0) is 24.2 Å². The maximum atomic E-state index is 12.7. The summed E-state index contributed by atoms with van der Waals surface area (Å²) in [7, 11) is 1.65. The maximum absolute atomic E-state index is 12.7. The van der Waals surface area contributed by atoms with Gasteiger partial charge in [-0.2, -0.15) is 0 Å². The lowest BCUT2D eigenvalue weighted by Gasteiger charge is -2.18. The van der Waals surface area contributed by atoms with Crippen LogP contribution in [0.5, 0.6) is 5.75 Å². The molecule has 0 bridgehead atoms. The fourth-order valence-electron chi connectivity index (χ4n) is 2.94. The lowest BCUT2D eigenvalue weighted by molar-refractivity contribution is -0.126. The zero-order chi connectivity index (χ0) is 18.7. The Labute approximate surface area is 154 Å². The molecule has 0 radical (unpaired) electrons. The van der Waals surface area contributed by atoms with Crippen molar-refractivity contribution in [1.82, 2.24) is 9.55 Å². The van der Waals surface area contributed by atoms with Crippen LogP contribution in [0, 0.1) is 5.41 Å². The molecular weight excluding hydrogens is 324 g/mol. The maximum Gasteiger partial charge on any atom is 0.157 e. The number of nitrogens with zero attached hydrogens (tertiary/aromatic N) is 2. The number of imidazole rings is 1. The molecule has 0 aliphatic carbocycles. The summed E-state index contributed by atoms with van der Waals surface area (Å²) in [6.45, 7) is 6.22. The number of fused-ring (bicyclic) bond motifs is 1. The molecule has 0 atom stereocenters. The SMILES string of the molecule is COc1ccc2c(c1)nc(CCc1ccccc1)n2CC(=O)C(C)(C)C. The van der Waals surface area contributed by atoms with E-state index in [-0.39, 0.29) is 11.2 Å². The van der Waals surface area contributed by atoms with Crippen LogP contribution < -0.4 is 4.74 Å². The van der Waals surface area contributed by atoms with Crippen molar-refractivity contribution in [2.24, 2.45) is 5.41 Å². The molecule has 2 aromatic carbocycles. The van der Waals surface area contributed by atoms with E-state index in [0.717, 1.165) is 35.4 Å². The molecule has 0 aliphatic heterocycles. The summed E-state index contributed by atoms with van der Waals surface area (Å²) in [5, 5.41) is 0. The number of hydrogen-bond acceptors (Lipinski definition) is 3. The fraction of sp³-hybridized carbons (Fsp3) is 0.364. The van der Waals surface area contributed by atoms with Gasteiger partial charge in [0.15, 0.2) is 5.78 Å². The average Bonchev–Trinajstić information content (AvgIpc) is 2.96. The molecule has 1 heterocycles. The number of Topliss-reactive ketones (excluding diaryl/α,β-unsaturated/α-hetero) is 1. The van der Waals surface area contributed by atoms with Gasteiger partial charge >= 0.3 is 0 Å². The van der Waals surface area contributed by atoms with Gasteiger partial charge in [0.2, 0.25) is 0 Å². The third-order valence-corrected chi connectivity index (χ3v) is 4.65. The number of methoxy groups -OCH3 is 1. The average molecular weight is 350 g/mol. The second-order valence-electron chi connectivity index (χ2n) is 7.63. The normalized spacial score (nSPS) is 11.7. The van der Waals surface area contributed by atoms with Crippen LogP contribution in [0.3, 0.4) is 0 Å². The molecule has 0 spiro atoms. The van der Waals surface area contributed by atoms with E-state index in [1.54, 1.807) is 7.11 Å². The van der Waals surface area contributed by atoms with Crippen LogP contribution in [0.25, 0.3) is 11.0 Å². The number of benzene rings is 2. The predicted molar refractivity (Wildman–Crippen MR) is 105 cm³/mol. The van der Waals surface area contributed by atoms with E-state index < -0.39 is 0 Å². The van der Waals surface area contributed by atoms with E-state index in [1.807, 2.05) is 57.2 Å². The largest absolute Gasteiger partial charge is 0.497 e. The van der Waals surface area contributed by atoms with E-state index in [4.69, 9.17) is 9.72 Å². The van der Waals surface area contributed by atoms with Crippen molar-refractivity contribution in [2.75, 3.05) is 7.11 Å². The van der Waals surface area contributed by atoms with Crippen molar-refractivity contribution in [3.63, 3.8) is 0 Å². The Bertz CT molecular complexity index is 905. The highest BCUT2D eigenvalue weighted by atomic mass is 16.5. The Hall–Kier alpha value is -2.62. The Kier molecular flexibility index (Phi) is 5.12. The Morgan fingerprint density at radius 2 is 1.81 bits per heavy atom. The Balaban J connectivity index is 1.96. The molecule has 136 valence electrons. The minimum absolute atomic E-state index is 0.202. The van der Waals surface area contributed by atoms with E-state index in [2.05, 4.69) is 16.7 Å². The van der Waals surface area contributed by atoms with Crippen LogP contribution in [-0.4, -0.2) is 22.4 Å². The molecule has 0 amide bonds. The van der Waals surface area contributed by atoms with Crippen molar-refractivity contribution >= 4 is 16.8 Å². The van der Waals surface area contributed by atoms with Crippen LogP contribution >= 0.6 is 0 Å². The van der Waals surface area contributed by atoms with Gasteiger partial charge in [-0.05, 0) is 24.1 Å². The van der Waals surface area contributed by atoms with E-state index in [1.165, 1.54) is 5.56 Å². The summed E-state index contributed by atoms with van der Waals surface area (Å²) in [5.41, 5.74) is 2.74. The molecule has 0 saturated carbocycles. The molecule has 0 aliphatic rings. The lowest BCUT2D eigenvalue weighted by Crippen LogP contribution is -2.25. The molecule has 3 aromatic rings. The molecule has 0 saturated heterocycles. The van der Waals surface area contributed by atoms with Crippen molar-refractivity contribution < 1.29 is 9.53 Å². The molecule has 0 fully saturated rings. The second kappa shape index (κ2) is 7.32. The van der Waals surface area contributed by atoms with Gasteiger partial charge in [-0.25, -0.2) is 4.98 Å². The smallest absolute Gasteiger partial charge is 0.157 e. The molecule has 4 heteroatoms. The molecule has 1 aromatic heterocycles. The van der Waals surface area contributed by atoms with Gasteiger partial charge in [-0.3, -0.25) is 4.79 Å². The van der Waals surface area contributed by atoms with Crippen molar-refractivity contribution in [3.05, 3.63) is 59.9 Å².